The summed E-state index contributed by atoms with van der Waals surface area (Å²) in [7, 11) is 0. The molecule has 0 atom stereocenters. The number of aryl methyl sites for hydroxylation is 1. The van der Waals surface area contributed by atoms with Gasteiger partial charge in [0.15, 0.2) is 5.65 Å². The van der Waals surface area contributed by atoms with Gasteiger partial charge in [-0.15, -0.1) is 21.5 Å². The molecular weight excluding hydrogens is 316 g/mol. The Morgan fingerprint density at radius 3 is 2.78 bits per heavy atom. The molecule has 0 unspecified atom stereocenters. The number of thiophene rings is 1. The number of carbonyl (C=O) groups excluding carboxylic acids is 1. The summed E-state index contributed by atoms with van der Waals surface area (Å²) in [4.78, 5) is 23.3. The standard InChI is InChI=1S/C15H14N4O3S/c20-14(10-6-7-11(23-10)15(21)22)16-8-3-5-13-18-17-12-4-1-2-9-19(12)13/h1-2,4,6-7,9H,3,5,8H2,(H,16,20)(H,21,22). The molecule has 118 valence electrons. The lowest BCUT2D eigenvalue weighted by Gasteiger charge is -2.03. The normalized spacial score (nSPS) is 10.8. The summed E-state index contributed by atoms with van der Waals surface area (Å²) >= 11 is 0.969. The van der Waals surface area contributed by atoms with Crippen molar-refractivity contribution in [3.63, 3.8) is 0 Å². The Morgan fingerprint density at radius 2 is 2.00 bits per heavy atom. The van der Waals surface area contributed by atoms with Crippen LogP contribution < -0.4 is 5.32 Å². The Bertz CT molecular complexity index is 855. The summed E-state index contributed by atoms with van der Waals surface area (Å²) in [6.07, 6.45) is 3.32. The third-order valence-electron chi connectivity index (χ3n) is 3.29. The van der Waals surface area contributed by atoms with E-state index >= 15 is 0 Å². The van der Waals surface area contributed by atoms with Crippen LogP contribution in [-0.2, 0) is 6.42 Å². The van der Waals surface area contributed by atoms with Crippen molar-refractivity contribution in [1.29, 1.82) is 0 Å². The fraction of sp³-hybridized carbons (Fsp3) is 0.200. The molecule has 8 heteroatoms. The summed E-state index contributed by atoms with van der Waals surface area (Å²) in [5.41, 5.74) is 0.798. The third kappa shape index (κ3) is 3.37. The predicted molar refractivity (Wildman–Crippen MR) is 84.9 cm³/mol. The zero-order valence-corrected chi connectivity index (χ0v) is 12.9. The van der Waals surface area contributed by atoms with Gasteiger partial charge in [0.05, 0.1) is 4.88 Å². The lowest BCUT2D eigenvalue weighted by atomic mass is 10.3. The Hall–Kier alpha value is -2.74. The number of fused-ring (bicyclic) bond motifs is 1. The van der Waals surface area contributed by atoms with Gasteiger partial charge in [0.2, 0.25) is 0 Å². The van der Waals surface area contributed by atoms with Gasteiger partial charge in [-0.3, -0.25) is 9.20 Å². The number of rotatable bonds is 6. The molecule has 1 amide bonds. The van der Waals surface area contributed by atoms with E-state index in [1.54, 1.807) is 0 Å². The number of pyridine rings is 1. The van der Waals surface area contributed by atoms with Crippen LogP contribution in [0, 0.1) is 0 Å². The number of nitrogens with one attached hydrogen (secondary N) is 1. The molecule has 3 aromatic rings. The molecule has 0 aliphatic rings. The molecule has 0 fully saturated rings. The molecule has 3 rings (SSSR count). The second kappa shape index (κ2) is 6.57. The Kier molecular flexibility index (Phi) is 4.33. The number of nitrogens with zero attached hydrogens (tertiary/aromatic N) is 3. The van der Waals surface area contributed by atoms with Crippen molar-refractivity contribution in [2.24, 2.45) is 0 Å². The van der Waals surface area contributed by atoms with Crippen LogP contribution in [0.15, 0.2) is 36.5 Å². The van der Waals surface area contributed by atoms with Crippen LogP contribution in [0.3, 0.4) is 0 Å². The second-order valence-corrected chi connectivity index (χ2v) is 5.96. The van der Waals surface area contributed by atoms with E-state index in [0.717, 1.165) is 29.2 Å². The smallest absolute Gasteiger partial charge is 0.345 e. The van der Waals surface area contributed by atoms with Crippen molar-refractivity contribution in [2.75, 3.05) is 6.54 Å². The molecule has 0 bridgehead atoms. The summed E-state index contributed by atoms with van der Waals surface area (Å²) < 4.78 is 1.92. The number of carboxylic acids is 1. The molecule has 0 saturated heterocycles. The quantitative estimate of drug-likeness (QED) is 0.672. The van der Waals surface area contributed by atoms with Gasteiger partial charge in [-0.25, -0.2) is 4.79 Å². The molecule has 0 saturated carbocycles. The average molecular weight is 330 g/mol. The van der Waals surface area contributed by atoms with Gasteiger partial charge >= 0.3 is 5.97 Å². The lowest BCUT2D eigenvalue weighted by Crippen LogP contribution is -2.24. The Labute approximate surface area is 135 Å². The van der Waals surface area contributed by atoms with E-state index < -0.39 is 5.97 Å². The first-order valence-electron chi connectivity index (χ1n) is 7.05. The van der Waals surface area contributed by atoms with Crippen molar-refractivity contribution in [3.8, 4) is 0 Å². The topological polar surface area (TPSA) is 96.6 Å². The molecular formula is C15H14N4O3S. The maximum Gasteiger partial charge on any atom is 0.345 e. The molecule has 0 aliphatic carbocycles. The molecule has 2 N–H and O–H groups in total. The molecule has 7 nitrogen and oxygen atoms in total. The van der Waals surface area contributed by atoms with E-state index in [1.165, 1.54) is 12.1 Å². The minimum absolute atomic E-state index is 0.157. The highest BCUT2D eigenvalue weighted by molar-refractivity contribution is 7.15. The predicted octanol–water partition coefficient (Wildman–Crippen LogP) is 1.85. The highest BCUT2D eigenvalue weighted by atomic mass is 32.1. The number of aromatic carboxylic acids is 1. The summed E-state index contributed by atoms with van der Waals surface area (Å²) in [5.74, 6) is -0.430. The van der Waals surface area contributed by atoms with Gasteiger partial charge < -0.3 is 10.4 Å². The fourth-order valence-electron chi connectivity index (χ4n) is 2.17. The first kappa shape index (κ1) is 15.2. The largest absolute Gasteiger partial charge is 0.477 e. The van der Waals surface area contributed by atoms with Crippen LogP contribution in [0.1, 0.15) is 31.6 Å². The van der Waals surface area contributed by atoms with Crippen LogP contribution in [0.25, 0.3) is 5.65 Å². The number of aromatic nitrogens is 3. The molecule has 0 radical (unpaired) electrons. The molecule has 0 aliphatic heterocycles. The van der Waals surface area contributed by atoms with Crippen molar-refractivity contribution < 1.29 is 14.7 Å². The van der Waals surface area contributed by atoms with Crippen LogP contribution >= 0.6 is 11.3 Å². The summed E-state index contributed by atoms with van der Waals surface area (Å²) in [6.45, 7) is 0.487. The highest BCUT2D eigenvalue weighted by Gasteiger charge is 2.12. The Balaban J connectivity index is 1.51. The van der Waals surface area contributed by atoms with Gasteiger partial charge in [-0.1, -0.05) is 6.07 Å². The maximum atomic E-state index is 11.9. The van der Waals surface area contributed by atoms with Crippen LogP contribution in [0.2, 0.25) is 0 Å². The van der Waals surface area contributed by atoms with Crippen molar-refractivity contribution >= 4 is 28.9 Å². The Morgan fingerprint density at radius 1 is 1.17 bits per heavy atom. The van der Waals surface area contributed by atoms with Gasteiger partial charge in [-0.05, 0) is 30.7 Å². The summed E-state index contributed by atoms with van der Waals surface area (Å²) in [6, 6.07) is 8.66. The summed E-state index contributed by atoms with van der Waals surface area (Å²) in [5, 5.41) is 19.8. The zero-order chi connectivity index (χ0) is 16.2. The van der Waals surface area contributed by atoms with Crippen LogP contribution in [-0.4, -0.2) is 38.1 Å². The van der Waals surface area contributed by atoms with Crippen LogP contribution in [0.4, 0.5) is 0 Å². The van der Waals surface area contributed by atoms with Gasteiger partial charge in [0, 0.05) is 19.2 Å². The van der Waals surface area contributed by atoms with Crippen molar-refractivity contribution in [2.45, 2.75) is 12.8 Å². The zero-order valence-electron chi connectivity index (χ0n) is 12.1. The molecule has 0 aromatic carbocycles. The van der Waals surface area contributed by atoms with Gasteiger partial charge in [0.1, 0.15) is 10.7 Å². The lowest BCUT2D eigenvalue weighted by molar-refractivity contribution is 0.0702. The number of carboxylic acid groups (broad SMARTS) is 1. The first-order valence-corrected chi connectivity index (χ1v) is 7.87. The molecule has 23 heavy (non-hydrogen) atoms. The molecule has 3 heterocycles. The van der Waals surface area contributed by atoms with Gasteiger partial charge in [0.25, 0.3) is 5.91 Å². The second-order valence-electron chi connectivity index (χ2n) is 4.87. The third-order valence-corrected chi connectivity index (χ3v) is 4.36. The van der Waals surface area contributed by atoms with E-state index in [9.17, 15) is 9.59 Å². The number of hydrogen-bond donors (Lipinski definition) is 2. The minimum Gasteiger partial charge on any atom is -0.477 e. The molecule has 0 spiro atoms. The SMILES string of the molecule is O=C(O)c1ccc(C(=O)NCCCc2nnc3ccccn23)s1. The van der Waals surface area contributed by atoms with Gasteiger partial charge in [-0.2, -0.15) is 0 Å². The number of hydrogen-bond acceptors (Lipinski definition) is 5. The van der Waals surface area contributed by atoms with E-state index in [4.69, 9.17) is 5.11 Å². The number of carbonyl (C=O) groups is 2. The van der Waals surface area contributed by atoms with Crippen molar-refractivity contribution in [3.05, 3.63) is 52.1 Å². The van der Waals surface area contributed by atoms with E-state index in [0.29, 0.717) is 17.8 Å². The highest BCUT2D eigenvalue weighted by Crippen LogP contribution is 2.16. The van der Waals surface area contributed by atoms with E-state index in [1.807, 2.05) is 28.8 Å². The maximum absolute atomic E-state index is 11.9. The average Bonchev–Trinajstić information content (AvgIpc) is 3.19. The molecule has 3 aromatic heterocycles. The van der Waals surface area contributed by atoms with Crippen LogP contribution in [0.5, 0.6) is 0 Å². The monoisotopic (exact) mass is 330 g/mol. The first-order chi connectivity index (χ1) is 11.1. The van der Waals surface area contributed by atoms with E-state index in [-0.39, 0.29) is 10.8 Å². The fourth-order valence-corrected chi connectivity index (χ4v) is 2.93. The number of amides is 1. The minimum atomic E-state index is -1.02. The van der Waals surface area contributed by atoms with E-state index in [2.05, 4.69) is 15.5 Å². The van der Waals surface area contributed by atoms with Crippen molar-refractivity contribution in [1.82, 2.24) is 19.9 Å².